The quantitative estimate of drug-likeness (QED) is 0.304. The van der Waals surface area contributed by atoms with Crippen molar-refractivity contribution in [2.45, 2.75) is 6.04 Å². The lowest BCUT2D eigenvalue weighted by Crippen LogP contribution is -1.47. The molecule has 0 aromatic heterocycles. The standard InChI is InChI=1S/C3H8Si/c1-2-3-4/h2H,1,3H2,4H3/p+1. The average Bonchev–Trinajstić information content (AvgIpc) is 1.37. The second-order valence-electron chi connectivity index (χ2n) is 0.697. The Morgan fingerprint density at radius 3 is 2.50 bits per heavy atom. The minimum atomic E-state index is 0. The molecule has 0 aliphatic carbocycles. The molecule has 0 aromatic carbocycles. The van der Waals surface area contributed by atoms with Crippen molar-refractivity contribution in [1.82, 2.24) is 0 Å². The first-order valence-corrected chi connectivity index (χ1v) is 2.94. The molecule has 4 heavy (non-hydrogen) atoms. The summed E-state index contributed by atoms with van der Waals surface area (Å²) in [5.74, 6) is 0. The normalized spacial score (nSPS) is 7.00. The van der Waals surface area contributed by atoms with Gasteiger partial charge in [0.05, 0.1) is 0 Å². The Balaban J connectivity index is 0. The van der Waals surface area contributed by atoms with Gasteiger partial charge in [0, 0.05) is 10.2 Å². The smallest absolute Gasteiger partial charge is 0.103 e. The Hall–Kier alpha value is -0.0431. The third kappa shape index (κ3) is 1.96. The molecule has 0 amide bonds. The molecule has 0 aliphatic heterocycles. The third-order valence-electron chi connectivity index (χ3n) is 0.289. The fourth-order valence-corrected chi connectivity index (χ4v) is 0. The van der Waals surface area contributed by atoms with E-state index >= 15 is 0 Å². The van der Waals surface area contributed by atoms with Crippen LogP contribution in [0.1, 0.15) is 1.43 Å². The summed E-state index contributed by atoms with van der Waals surface area (Å²) in [6, 6.07) is 1.22. The van der Waals surface area contributed by atoms with Crippen LogP contribution in [-0.2, 0) is 0 Å². The summed E-state index contributed by atoms with van der Waals surface area (Å²) in [6.07, 6.45) is 1.94. The molecule has 0 aromatic rings. The fraction of sp³-hybridized carbons (Fsp3) is 0.333. The van der Waals surface area contributed by atoms with Crippen LogP contribution in [0.2, 0.25) is 6.04 Å². The summed E-state index contributed by atoms with van der Waals surface area (Å²) in [7, 11) is 1.27. The molecule has 0 radical (unpaired) electrons. The van der Waals surface area contributed by atoms with Crippen LogP contribution in [0.3, 0.4) is 0 Å². The van der Waals surface area contributed by atoms with Gasteiger partial charge in [0.2, 0.25) is 0 Å². The minimum absolute atomic E-state index is 0. The maximum absolute atomic E-state index is 3.51. The van der Waals surface area contributed by atoms with Gasteiger partial charge >= 0.3 is 1.43 Å². The van der Waals surface area contributed by atoms with E-state index < -0.39 is 0 Å². The van der Waals surface area contributed by atoms with Crippen molar-refractivity contribution in [2.24, 2.45) is 0 Å². The molecule has 0 unspecified atom stereocenters. The zero-order valence-corrected chi connectivity index (χ0v) is 4.99. The van der Waals surface area contributed by atoms with E-state index in [1.54, 1.807) is 0 Å². The van der Waals surface area contributed by atoms with Gasteiger partial charge in [-0.25, -0.2) is 0 Å². The minimum Gasteiger partial charge on any atom is -0.103 e. The number of rotatable bonds is 1. The Bertz CT molecular complexity index is 20.9. The van der Waals surface area contributed by atoms with E-state index in [-0.39, 0.29) is 1.43 Å². The van der Waals surface area contributed by atoms with Gasteiger partial charge in [-0.1, -0.05) is 6.08 Å². The average molecular weight is 73.2 g/mol. The van der Waals surface area contributed by atoms with Gasteiger partial charge < -0.3 is 0 Å². The van der Waals surface area contributed by atoms with E-state index in [0.29, 0.717) is 0 Å². The molecule has 0 rings (SSSR count). The van der Waals surface area contributed by atoms with Gasteiger partial charge in [0.1, 0.15) is 0 Å². The Kier molecular flexibility index (Phi) is 2.93. The summed E-state index contributed by atoms with van der Waals surface area (Å²) in [4.78, 5) is 0. The number of hydrogen-bond acceptors (Lipinski definition) is 0. The molecule has 24 valence electrons. The zero-order valence-electron chi connectivity index (χ0n) is 3.99. The molecule has 0 nitrogen and oxygen atoms in total. The van der Waals surface area contributed by atoms with Crippen molar-refractivity contribution in [3.8, 4) is 0 Å². The van der Waals surface area contributed by atoms with Crippen molar-refractivity contribution in [1.29, 1.82) is 0 Å². The summed E-state index contributed by atoms with van der Waals surface area (Å²) < 4.78 is 0. The number of allylic oxidation sites excluding steroid dienone is 1. The van der Waals surface area contributed by atoms with E-state index in [1.807, 2.05) is 6.08 Å². The molecule has 0 fully saturated rings. The predicted octanol–water partition coefficient (Wildman–Crippen LogP) is 0.0686. The Labute approximate surface area is 31.4 Å². The van der Waals surface area contributed by atoms with Gasteiger partial charge in [-0.05, 0) is 6.04 Å². The fourth-order valence-electron chi connectivity index (χ4n) is 0. The molecule has 0 spiro atoms. The van der Waals surface area contributed by atoms with Crippen molar-refractivity contribution in [3.63, 3.8) is 0 Å². The summed E-state index contributed by atoms with van der Waals surface area (Å²) in [6.45, 7) is 3.51. The van der Waals surface area contributed by atoms with Gasteiger partial charge in [-0.15, -0.1) is 6.58 Å². The van der Waals surface area contributed by atoms with Crippen LogP contribution >= 0.6 is 0 Å². The summed E-state index contributed by atoms with van der Waals surface area (Å²) in [5, 5.41) is 0. The SMILES string of the molecule is C=CC[SiH3].[H+]. The van der Waals surface area contributed by atoms with Crippen LogP contribution in [0.5, 0.6) is 0 Å². The summed E-state index contributed by atoms with van der Waals surface area (Å²) >= 11 is 0. The number of hydrogen-bond donors (Lipinski definition) is 0. The van der Waals surface area contributed by atoms with E-state index in [2.05, 4.69) is 6.58 Å². The zero-order chi connectivity index (χ0) is 3.41. The van der Waals surface area contributed by atoms with Crippen LogP contribution in [-0.4, -0.2) is 10.2 Å². The lowest BCUT2D eigenvalue weighted by Gasteiger charge is -1.57. The molecule has 0 bridgehead atoms. The van der Waals surface area contributed by atoms with Crippen LogP contribution in [0.25, 0.3) is 0 Å². The first-order chi connectivity index (χ1) is 1.91. The van der Waals surface area contributed by atoms with Crippen molar-refractivity contribution < 1.29 is 1.43 Å². The molecular formula is C3H9Si+. The van der Waals surface area contributed by atoms with Gasteiger partial charge in [0.25, 0.3) is 0 Å². The molecule has 0 N–H and O–H groups in total. The van der Waals surface area contributed by atoms with E-state index in [4.69, 9.17) is 0 Å². The highest BCUT2D eigenvalue weighted by Gasteiger charge is 1.46. The topological polar surface area (TPSA) is 0 Å². The van der Waals surface area contributed by atoms with Crippen LogP contribution in [0.4, 0.5) is 0 Å². The highest BCUT2D eigenvalue weighted by molar-refractivity contribution is 6.09. The molecular weight excluding hydrogens is 64.1 g/mol. The summed E-state index contributed by atoms with van der Waals surface area (Å²) in [5.41, 5.74) is 0. The Morgan fingerprint density at radius 1 is 2.25 bits per heavy atom. The van der Waals surface area contributed by atoms with Crippen LogP contribution in [0.15, 0.2) is 12.7 Å². The van der Waals surface area contributed by atoms with Gasteiger partial charge in [-0.2, -0.15) is 0 Å². The second kappa shape index (κ2) is 2.96. The highest BCUT2D eigenvalue weighted by atomic mass is 28.1. The lowest BCUT2D eigenvalue weighted by molar-refractivity contribution is 1.76. The van der Waals surface area contributed by atoms with Gasteiger partial charge in [0.15, 0.2) is 0 Å². The molecule has 1 heteroatoms. The predicted molar refractivity (Wildman–Crippen MR) is 26.1 cm³/mol. The first-order valence-electron chi connectivity index (χ1n) is 1.52. The lowest BCUT2D eigenvalue weighted by atomic mass is 10.8. The van der Waals surface area contributed by atoms with E-state index in [0.717, 1.165) is 0 Å². The first kappa shape index (κ1) is 3.96. The maximum Gasteiger partial charge on any atom is 1.00 e. The van der Waals surface area contributed by atoms with E-state index in [9.17, 15) is 0 Å². The second-order valence-corrected chi connectivity index (χ2v) is 1.51. The maximum atomic E-state index is 3.51. The largest absolute Gasteiger partial charge is 1.00 e. The van der Waals surface area contributed by atoms with Crippen LogP contribution in [0, 0.1) is 0 Å². The van der Waals surface area contributed by atoms with Crippen molar-refractivity contribution in [2.75, 3.05) is 0 Å². The van der Waals surface area contributed by atoms with Crippen molar-refractivity contribution in [3.05, 3.63) is 12.7 Å². The molecule has 0 aliphatic rings. The third-order valence-corrected chi connectivity index (χ3v) is 0.866. The van der Waals surface area contributed by atoms with Crippen LogP contribution < -0.4 is 0 Å². The molecule has 0 saturated heterocycles. The molecule has 0 atom stereocenters. The monoisotopic (exact) mass is 73.0 g/mol. The highest BCUT2D eigenvalue weighted by Crippen LogP contribution is 1.61. The molecule has 0 heterocycles. The Morgan fingerprint density at radius 2 is 2.50 bits per heavy atom. The molecule has 0 saturated carbocycles. The van der Waals surface area contributed by atoms with Crippen molar-refractivity contribution >= 4 is 10.2 Å². The van der Waals surface area contributed by atoms with E-state index in [1.165, 1.54) is 16.3 Å². The van der Waals surface area contributed by atoms with Gasteiger partial charge in [-0.3, -0.25) is 0 Å².